The third-order valence-electron chi connectivity index (χ3n) is 3.48. The second-order valence-corrected chi connectivity index (χ2v) is 6.35. The predicted molar refractivity (Wildman–Crippen MR) is 81.4 cm³/mol. The van der Waals surface area contributed by atoms with Crippen LogP contribution in [0.4, 0.5) is 0 Å². The van der Waals surface area contributed by atoms with E-state index in [9.17, 15) is 9.59 Å². The topological polar surface area (TPSA) is 40.6 Å². The highest BCUT2D eigenvalue weighted by Gasteiger charge is 2.39. The summed E-state index contributed by atoms with van der Waals surface area (Å²) in [6.07, 6.45) is 0. The molecule has 2 rings (SSSR count). The number of aryl methyl sites for hydroxylation is 1. The van der Waals surface area contributed by atoms with Gasteiger partial charge in [0.2, 0.25) is 11.8 Å². The van der Waals surface area contributed by atoms with Gasteiger partial charge >= 0.3 is 0 Å². The van der Waals surface area contributed by atoms with Gasteiger partial charge in [0.25, 0.3) is 0 Å². The standard InChI is InChI=1S/C15H20N2O2S/c1-10-5-7-12(8-6-10)15-17(13(18)9-20-15)11(2)14(19)16(3)4/h5-8,11,15H,9H2,1-4H3. The number of benzene rings is 1. The summed E-state index contributed by atoms with van der Waals surface area (Å²) in [6, 6.07) is 7.71. The van der Waals surface area contributed by atoms with Crippen molar-refractivity contribution in [2.45, 2.75) is 25.3 Å². The van der Waals surface area contributed by atoms with E-state index in [0.29, 0.717) is 5.75 Å². The third-order valence-corrected chi connectivity index (χ3v) is 4.71. The van der Waals surface area contributed by atoms with Gasteiger partial charge in [0.15, 0.2) is 0 Å². The van der Waals surface area contributed by atoms with Gasteiger partial charge in [-0.15, -0.1) is 11.8 Å². The molecule has 1 saturated heterocycles. The van der Waals surface area contributed by atoms with Crippen molar-refractivity contribution in [2.24, 2.45) is 0 Å². The molecule has 2 atom stereocenters. The zero-order chi connectivity index (χ0) is 14.9. The molecule has 1 aliphatic heterocycles. The number of rotatable bonds is 3. The molecule has 4 nitrogen and oxygen atoms in total. The minimum atomic E-state index is -0.432. The Morgan fingerprint density at radius 3 is 2.50 bits per heavy atom. The molecular formula is C15H20N2O2S. The van der Waals surface area contributed by atoms with E-state index in [4.69, 9.17) is 0 Å². The number of likely N-dealkylation sites (N-methyl/N-ethyl adjacent to an activating group) is 1. The summed E-state index contributed by atoms with van der Waals surface area (Å²) in [5.41, 5.74) is 2.26. The SMILES string of the molecule is Cc1ccc(C2SCC(=O)N2C(C)C(=O)N(C)C)cc1. The fraction of sp³-hybridized carbons (Fsp3) is 0.467. The first kappa shape index (κ1) is 14.9. The van der Waals surface area contributed by atoms with E-state index in [1.54, 1.807) is 37.7 Å². The predicted octanol–water partition coefficient (Wildman–Crippen LogP) is 2.05. The average molecular weight is 292 g/mol. The molecule has 2 amide bonds. The normalized spacial score (nSPS) is 20.1. The van der Waals surface area contributed by atoms with Crippen LogP contribution >= 0.6 is 11.8 Å². The third kappa shape index (κ3) is 2.82. The number of hydrogen-bond donors (Lipinski definition) is 0. The van der Waals surface area contributed by atoms with Crippen LogP contribution in [0.15, 0.2) is 24.3 Å². The van der Waals surface area contributed by atoms with Crippen LogP contribution in [-0.4, -0.2) is 47.5 Å². The Bertz CT molecular complexity index is 513. The monoisotopic (exact) mass is 292 g/mol. The van der Waals surface area contributed by atoms with Crippen LogP contribution in [0.1, 0.15) is 23.4 Å². The minimum Gasteiger partial charge on any atom is -0.347 e. The molecule has 1 aromatic rings. The van der Waals surface area contributed by atoms with Gasteiger partial charge in [0.1, 0.15) is 11.4 Å². The second kappa shape index (κ2) is 5.87. The maximum atomic E-state index is 12.1. The number of carbonyl (C=O) groups is 2. The van der Waals surface area contributed by atoms with E-state index < -0.39 is 6.04 Å². The summed E-state index contributed by atoms with van der Waals surface area (Å²) in [7, 11) is 3.43. The first-order valence-corrected chi connectivity index (χ1v) is 7.67. The van der Waals surface area contributed by atoms with E-state index in [-0.39, 0.29) is 17.2 Å². The quantitative estimate of drug-likeness (QED) is 0.856. The van der Waals surface area contributed by atoms with Gasteiger partial charge in [-0.05, 0) is 19.4 Å². The van der Waals surface area contributed by atoms with Crippen molar-refractivity contribution in [3.8, 4) is 0 Å². The molecule has 0 N–H and O–H groups in total. The van der Waals surface area contributed by atoms with Gasteiger partial charge < -0.3 is 9.80 Å². The van der Waals surface area contributed by atoms with Crippen molar-refractivity contribution in [1.29, 1.82) is 0 Å². The van der Waals surface area contributed by atoms with E-state index in [1.165, 1.54) is 10.5 Å². The Morgan fingerprint density at radius 2 is 1.95 bits per heavy atom. The van der Waals surface area contributed by atoms with Crippen LogP contribution in [0, 0.1) is 6.92 Å². The molecule has 5 heteroatoms. The van der Waals surface area contributed by atoms with Crippen molar-refractivity contribution in [2.75, 3.05) is 19.8 Å². The van der Waals surface area contributed by atoms with E-state index >= 15 is 0 Å². The number of carbonyl (C=O) groups excluding carboxylic acids is 2. The molecule has 20 heavy (non-hydrogen) atoms. The van der Waals surface area contributed by atoms with Gasteiger partial charge in [0, 0.05) is 14.1 Å². The number of thioether (sulfide) groups is 1. The summed E-state index contributed by atoms with van der Waals surface area (Å²) >= 11 is 1.58. The summed E-state index contributed by atoms with van der Waals surface area (Å²) in [4.78, 5) is 27.5. The lowest BCUT2D eigenvalue weighted by Gasteiger charge is -2.31. The highest BCUT2D eigenvalue weighted by molar-refractivity contribution is 8.00. The zero-order valence-electron chi connectivity index (χ0n) is 12.3. The molecule has 2 unspecified atom stereocenters. The Labute approximate surface area is 124 Å². The first-order chi connectivity index (χ1) is 9.41. The van der Waals surface area contributed by atoms with Gasteiger partial charge in [-0.3, -0.25) is 9.59 Å². The molecule has 0 radical (unpaired) electrons. The highest BCUT2D eigenvalue weighted by atomic mass is 32.2. The first-order valence-electron chi connectivity index (χ1n) is 6.62. The Morgan fingerprint density at radius 1 is 1.35 bits per heavy atom. The lowest BCUT2D eigenvalue weighted by atomic mass is 10.1. The van der Waals surface area contributed by atoms with E-state index in [1.807, 2.05) is 31.2 Å². The average Bonchev–Trinajstić information content (AvgIpc) is 2.79. The van der Waals surface area contributed by atoms with Crippen molar-refractivity contribution < 1.29 is 9.59 Å². The fourth-order valence-electron chi connectivity index (χ4n) is 2.34. The summed E-state index contributed by atoms with van der Waals surface area (Å²) < 4.78 is 0. The molecule has 1 aliphatic rings. The van der Waals surface area contributed by atoms with Crippen molar-refractivity contribution in [3.05, 3.63) is 35.4 Å². The largest absolute Gasteiger partial charge is 0.347 e. The minimum absolute atomic E-state index is 0.0308. The molecule has 0 aliphatic carbocycles. The Kier molecular flexibility index (Phi) is 4.38. The zero-order valence-corrected chi connectivity index (χ0v) is 13.1. The maximum Gasteiger partial charge on any atom is 0.244 e. The molecule has 1 aromatic carbocycles. The lowest BCUT2D eigenvalue weighted by Crippen LogP contribution is -2.46. The van der Waals surface area contributed by atoms with Crippen LogP contribution < -0.4 is 0 Å². The summed E-state index contributed by atoms with van der Waals surface area (Å²) in [6.45, 7) is 3.83. The lowest BCUT2D eigenvalue weighted by molar-refractivity contribution is -0.142. The fourth-order valence-corrected chi connectivity index (χ4v) is 3.60. The van der Waals surface area contributed by atoms with E-state index in [2.05, 4.69) is 0 Å². The van der Waals surface area contributed by atoms with Crippen molar-refractivity contribution >= 4 is 23.6 Å². The molecule has 0 aromatic heterocycles. The summed E-state index contributed by atoms with van der Waals surface area (Å²) in [5.74, 6) is 0.421. The van der Waals surface area contributed by atoms with E-state index in [0.717, 1.165) is 5.56 Å². The van der Waals surface area contributed by atoms with Crippen LogP contribution in [0.3, 0.4) is 0 Å². The Balaban J connectivity index is 2.27. The number of hydrogen-bond acceptors (Lipinski definition) is 3. The van der Waals surface area contributed by atoms with Gasteiger partial charge in [-0.2, -0.15) is 0 Å². The number of nitrogens with zero attached hydrogens (tertiary/aromatic N) is 2. The molecule has 1 fully saturated rings. The van der Waals surface area contributed by atoms with Crippen LogP contribution in [-0.2, 0) is 9.59 Å². The van der Waals surface area contributed by atoms with Gasteiger partial charge in [-0.1, -0.05) is 29.8 Å². The molecule has 0 bridgehead atoms. The highest BCUT2D eigenvalue weighted by Crippen LogP contribution is 2.40. The van der Waals surface area contributed by atoms with Crippen LogP contribution in [0.2, 0.25) is 0 Å². The van der Waals surface area contributed by atoms with Gasteiger partial charge in [-0.25, -0.2) is 0 Å². The smallest absolute Gasteiger partial charge is 0.244 e. The van der Waals surface area contributed by atoms with Crippen molar-refractivity contribution in [3.63, 3.8) is 0 Å². The van der Waals surface area contributed by atoms with Crippen molar-refractivity contribution in [1.82, 2.24) is 9.80 Å². The Hall–Kier alpha value is -1.49. The summed E-state index contributed by atoms with van der Waals surface area (Å²) in [5, 5.41) is -0.0676. The molecule has 1 heterocycles. The molecular weight excluding hydrogens is 272 g/mol. The van der Waals surface area contributed by atoms with Gasteiger partial charge in [0.05, 0.1) is 5.75 Å². The molecule has 108 valence electrons. The molecule has 0 spiro atoms. The maximum absolute atomic E-state index is 12.1. The number of amides is 2. The van der Waals surface area contributed by atoms with Crippen LogP contribution in [0.25, 0.3) is 0 Å². The van der Waals surface area contributed by atoms with Crippen LogP contribution in [0.5, 0.6) is 0 Å². The molecule has 0 saturated carbocycles. The second-order valence-electron chi connectivity index (χ2n) is 5.28.